The molecule has 7 nitrogen and oxygen atoms in total. The molecule has 2 heterocycles. The molecule has 144 valence electrons. The maximum atomic E-state index is 12.8. The predicted octanol–water partition coefficient (Wildman–Crippen LogP) is 2.39. The minimum absolute atomic E-state index is 0.151. The smallest absolute Gasteiger partial charge is 0.255 e. The number of halogens is 1. The van der Waals surface area contributed by atoms with Crippen LogP contribution in [0.25, 0.3) is 0 Å². The first kappa shape index (κ1) is 19.8. The molecule has 0 radical (unpaired) electrons. The highest BCUT2D eigenvalue weighted by Gasteiger charge is 2.30. The number of nitrogens with zero attached hydrogens (tertiary/aromatic N) is 3. The summed E-state index contributed by atoms with van der Waals surface area (Å²) in [5.41, 5.74) is 0.479. The molecule has 0 bridgehead atoms. The van der Waals surface area contributed by atoms with E-state index in [0.29, 0.717) is 31.0 Å². The summed E-state index contributed by atoms with van der Waals surface area (Å²) in [5, 5.41) is 0. The Morgan fingerprint density at radius 3 is 2.41 bits per heavy atom. The van der Waals surface area contributed by atoms with Gasteiger partial charge in [-0.2, -0.15) is 4.31 Å². The molecule has 0 aliphatic carbocycles. The molecule has 3 rings (SSSR count). The SMILES string of the molecule is CCOc1ccc(S(=O)(=O)N2CCN(C(=O)c3cncc(Br)c3)CC2)cc1. The van der Waals surface area contributed by atoms with Crippen molar-refractivity contribution in [2.75, 3.05) is 32.8 Å². The minimum atomic E-state index is -3.59. The van der Waals surface area contributed by atoms with Gasteiger partial charge < -0.3 is 9.64 Å². The lowest BCUT2D eigenvalue weighted by atomic mass is 10.2. The normalized spacial score (nSPS) is 15.6. The van der Waals surface area contributed by atoms with E-state index in [1.54, 1.807) is 41.4 Å². The highest BCUT2D eigenvalue weighted by Crippen LogP contribution is 2.21. The molecular formula is C18H20BrN3O4S. The van der Waals surface area contributed by atoms with Crippen molar-refractivity contribution in [3.63, 3.8) is 0 Å². The fourth-order valence-electron chi connectivity index (χ4n) is 2.87. The second-order valence-corrected chi connectivity index (χ2v) is 8.85. The predicted molar refractivity (Wildman–Crippen MR) is 104 cm³/mol. The van der Waals surface area contributed by atoms with Gasteiger partial charge in [0.25, 0.3) is 5.91 Å². The zero-order valence-corrected chi connectivity index (χ0v) is 17.2. The van der Waals surface area contributed by atoms with Crippen molar-refractivity contribution in [2.45, 2.75) is 11.8 Å². The third-order valence-electron chi connectivity index (χ3n) is 4.25. The molecule has 1 aromatic carbocycles. The number of rotatable bonds is 5. The Morgan fingerprint density at radius 1 is 1.15 bits per heavy atom. The van der Waals surface area contributed by atoms with Crippen LogP contribution in [-0.2, 0) is 10.0 Å². The average molecular weight is 454 g/mol. The number of piperazine rings is 1. The van der Waals surface area contributed by atoms with Crippen LogP contribution >= 0.6 is 15.9 Å². The zero-order valence-electron chi connectivity index (χ0n) is 14.8. The van der Waals surface area contributed by atoms with E-state index in [4.69, 9.17) is 4.74 Å². The van der Waals surface area contributed by atoms with Crippen molar-refractivity contribution in [3.8, 4) is 5.75 Å². The summed E-state index contributed by atoms with van der Waals surface area (Å²) in [5.74, 6) is 0.483. The van der Waals surface area contributed by atoms with Crippen LogP contribution in [0.3, 0.4) is 0 Å². The third-order valence-corrected chi connectivity index (χ3v) is 6.60. The quantitative estimate of drug-likeness (QED) is 0.694. The van der Waals surface area contributed by atoms with E-state index in [1.807, 2.05) is 6.92 Å². The second kappa shape index (κ2) is 8.37. The fraction of sp³-hybridized carbons (Fsp3) is 0.333. The van der Waals surface area contributed by atoms with Gasteiger partial charge >= 0.3 is 0 Å². The van der Waals surface area contributed by atoms with Gasteiger partial charge in [0.1, 0.15) is 5.75 Å². The van der Waals surface area contributed by atoms with E-state index in [2.05, 4.69) is 20.9 Å². The van der Waals surface area contributed by atoms with Gasteiger partial charge in [-0.1, -0.05) is 0 Å². The average Bonchev–Trinajstić information content (AvgIpc) is 2.68. The number of sulfonamides is 1. The van der Waals surface area contributed by atoms with Gasteiger partial charge in [0, 0.05) is 43.0 Å². The number of hydrogen-bond acceptors (Lipinski definition) is 5. The Kier molecular flexibility index (Phi) is 6.13. The molecule has 2 aromatic rings. The van der Waals surface area contributed by atoms with E-state index in [9.17, 15) is 13.2 Å². The Hall–Kier alpha value is -1.97. The Bertz CT molecular complexity index is 910. The maximum Gasteiger partial charge on any atom is 0.255 e. The van der Waals surface area contributed by atoms with Crippen molar-refractivity contribution in [2.24, 2.45) is 0 Å². The lowest BCUT2D eigenvalue weighted by molar-refractivity contribution is 0.0697. The number of carbonyl (C=O) groups is 1. The Labute approximate surface area is 167 Å². The van der Waals surface area contributed by atoms with Crippen molar-refractivity contribution < 1.29 is 17.9 Å². The number of amides is 1. The minimum Gasteiger partial charge on any atom is -0.494 e. The van der Waals surface area contributed by atoms with Gasteiger partial charge in [0.05, 0.1) is 17.1 Å². The van der Waals surface area contributed by atoms with E-state index >= 15 is 0 Å². The van der Waals surface area contributed by atoms with Crippen LogP contribution in [0.4, 0.5) is 0 Å². The summed E-state index contributed by atoms with van der Waals surface area (Å²) in [6.07, 6.45) is 3.12. The topological polar surface area (TPSA) is 79.8 Å². The van der Waals surface area contributed by atoms with Gasteiger partial charge in [-0.15, -0.1) is 0 Å². The van der Waals surface area contributed by atoms with Gasteiger partial charge in [-0.3, -0.25) is 9.78 Å². The zero-order chi connectivity index (χ0) is 19.4. The largest absolute Gasteiger partial charge is 0.494 e. The number of carbonyl (C=O) groups excluding carboxylic acids is 1. The lowest BCUT2D eigenvalue weighted by Gasteiger charge is -2.34. The number of ether oxygens (including phenoxy) is 1. The van der Waals surface area contributed by atoms with E-state index in [-0.39, 0.29) is 23.9 Å². The lowest BCUT2D eigenvalue weighted by Crippen LogP contribution is -2.50. The first-order chi connectivity index (χ1) is 12.9. The van der Waals surface area contributed by atoms with Gasteiger partial charge in [-0.25, -0.2) is 8.42 Å². The summed E-state index contributed by atoms with van der Waals surface area (Å²) in [6.45, 7) is 3.57. The van der Waals surface area contributed by atoms with Crippen LogP contribution < -0.4 is 4.74 Å². The van der Waals surface area contributed by atoms with Crippen LogP contribution in [0, 0.1) is 0 Å². The highest BCUT2D eigenvalue weighted by atomic mass is 79.9. The number of pyridine rings is 1. The van der Waals surface area contributed by atoms with E-state index in [0.717, 1.165) is 4.47 Å². The van der Waals surface area contributed by atoms with Crippen molar-refractivity contribution in [3.05, 3.63) is 52.8 Å². The molecule has 9 heteroatoms. The molecule has 0 atom stereocenters. The molecule has 0 spiro atoms. The molecule has 1 fully saturated rings. The number of hydrogen-bond donors (Lipinski definition) is 0. The molecule has 27 heavy (non-hydrogen) atoms. The fourth-order valence-corrected chi connectivity index (χ4v) is 4.65. The monoisotopic (exact) mass is 453 g/mol. The van der Waals surface area contributed by atoms with E-state index < -0.39 is 10.0 Å². The van der Waals surface area contributed by atoms with E-state index in [1.165, 1.54) is 10.5 Å². The van der Waals surface area contributed by atoms with Gasteiger partial charge in [-0.05, 0) is 53.2 Å². The second-order valence-electron chi connectivity index (χ2n) is 5.99. The molecule has 1 amide bonds. The summed E-state index contributed by atoms with van der Waals surface area (Å²) < 4.78 is 33.1. The van der Waals surface area contributed by atoms with Crippen LogP contribution in [0.5, 0.6) is 5.75 Å². The van der Waals surface area contributed by atoms with Crippen molar-refractivity contribution in [1.82, 2.24) is 14.2 Å². The van der Waals surface area contributed by atoms with Gasteiger partial charge in [0.2, 0.25) is 10.0 Å². The summed E-state index contributed by atoms with van der Waals surface area (Å²) in [6, 6.07) is 8.10. The number of benzene rings is 1. The molecule has 0 saturated carbocycles. The molecule has 1 aromatic heterocycles. The summed E-state index contributed by atoms with van der Waals surface area (Å²) in [7, 11) is -3.59. The summed E-state index contributed by atoms with van der Waals surface area (Å²) >= 11 is 3.30. The van der Waals surface area contributed by atoms with Crippen molar-refractivity contribution >= 4 is 31.9 Å². The first-order valence-electron chi connectivity index (χ1n) is 8.54. The maximum absolute atomic E-state index is 12.8. The van der Waals surface area contributed by atoms with Crippen LogP contribution in [0.1, 0.15) is 17.3 Å². The molecule has 0 N–H and O–H groups in total. The molecule has 1 aliphatic rings. The molecule has 0 unspecified atom stereocenters. The Balaban J connectivity index is 1.66. The highest BCUT2D eigenvalue weighted by molar-refractivity contribution is 9.10. The van der Waals surface area contributed by atoms with Crippen LogP contribution in [0.15, 0.2) is 52.1 Å². The van der Waals surface area contributed by atoms with Crippen molar-refractivity contribution in [1.29, 1.82) is 0 Å². The molecule has 1 saturated heterocycles. The third kappa shape index (κ3) is 4.48. The van der Waals surface area contributed by atoms with Crippen LogP contribution in [-0.4, -0.2) is 61.3 Å². The standard InChI is InChI=1S/C18H20BrN3O4S/c1-2-26-16-3-5-17(6-4-16)27(24,25)22-9-7-21(8-10-22)18(23)14-11-15(19)13-20-12-14/h3-6,11-13H,2,7-10H2,1H3. The number of aromatic nitrogens is 1. The molecular weight excluding hydrogens is 434 g/mol. The van der Waals surface area contributed by atoms with Gasteiger partial charge in [0.15, 0.2) is 0 Å². The van der Waals surface area contributed by atoms with Crippen LogP contribution in [0.2, 0.25) is 0 Å². The Morgan fingerprint density at radius 2 is 1.81 bits per heavy atom. The first-order valence-corrected chi connectivity index (χ1v) is 10.8. The molecule has 1 aliphatic heterocycles. The summed E-state index contributed by atoms with van der Waals surface area (Å²) in [4.78, 5) is 18.4.